The Hall–Kier alpha value is -1.28. The minimum Gasteiger partial charge on any atom is -0.493 e. The Bertz CT molecular complexity index is 402. The van der Waals surface area contributed by atoms with E-state index in [-0.39, 0.29) is 0 Å². The lowest BCUT2D eigenvalue weighted by atomic mass is 9.86. The lowest BCUT2D eigenvalue weighted by Crippen LogP contribution is -2.32. The number of hydrogen-bond donors (Lipinski definition) is 1. The zero-order chi connectivity index (χ0) is 13.5. The van der Waals surface area contributed by atoms with Crippen LogP contribution in [0.2, 0.25) is 0 Å². The molecule has 1 aromatic carbocycles. The van der Waals surface area contributed by atoms with Gasteiger partial charge in [-0.25, -0.2) is 0 Å². The molecular formula is C17H25NO. The summed E-state index contributed by atoms with van der Waals surface area (Å²) in [6.45, 7) is 8.02. The van der Waals surface area contributed by atoms with E-state index in [2.05, 4.69) is 43.1 Å². The molecule has 0 saturated heterocycles. The summed E-state index contributed by atoms with van der Waals surface area (Å²) in [5, 5.41) is 3.64. The molecule has 0 radical (unpaired) electrons. The summed E-state index contributed by atoms with van der Waals surface area (Å²) in [7, 11) is 0. The second kappa shape index (κ2) is 7.34. The van der Waals surface area contributed by atoms with E-state index in [1.807, 2.05) is 6.08 Å². The van der Waals surface area contributed by atoms with Crippen LogP contribution in [0.5, 0.6) is 5.75 Å². The van der Waals surface area contributed by atoms with E-state index in [1.54, 1.807) is 0 Å². The third-order valence-electron chi connectivity index (χ3n) is 3.79. The van der Waals surface area contributed by atoms with Gasteiger partial charge in [-0.2, -0.15) is 0 Å². The summed E-state index contributed by atoms with van der Waals surface area (Å²) >= 11 is 0. The van der Waals surface area contributed by atoms with Gasteiger partial charge in [-0.05, 0) is 49.8 Å². The predicted molar refractivity (Wildman–Crippen MR) is 80.8 cm³/mol. The zero-order valence-corrected chi connectivity index (χ0v) is 11.9. The molecule has 1 aliphatic rings. The highest BCUT2D eigenvalue weighted by Crippen LogP contribution is 2.36. The van der Waals surface area contributed by atoms with Gasteiger partial charge in [0, 0.05) is 6.04 Å². The molecule has 0 saturated carbocycles. The maximum absolute atomic E-state index is 5.74. The number of ether oxygens (including phenoxy) is 1. The van der Waals surface area contributed by atoms with Crippen LogP contribution in [0.15, 0.2) is 36.9 Å². The van der Waals surface area contributed by atoms with Gasteiger partial charge >= 0.3 is 0 Å². The number of nitrogens with one attached hydrogen (secondary N) is 1. The molecule has 2 atom stereocenters. The van der Waals surface area contributed by atoms with Crippen LogP contribution >= 0.6 is 0 Å². The van der Waals surface area contributed by atoms with E-state index >= 15 is 0 Å². The van der Waals surface area contributed by atoms with E-state index in [4.69, 9.17) is 4.74 Å². The van der Waals surface area contributed by atoms with Crippen LogP contribution in [0, 0.1) is 0 Å². The lowest BCUT2D eigenvalue weighted by Gasteiger charge is -2.29. The van der Waals surface area contributed by atoms with Crippen molar-refractivity contribution >= 4 is 0 Å². The second-order valence-electron chi connectivity index (χ2n) is 5.28. The van der Waals surface area contributed by atoms with Crippen molar-refractivity contribution in [3.8, 4) is 5.75 Å². The maximum Gasteiger partial charge on any atom is 0.122 e. The fourth-order valence-electron chi connectivity index (χ4n) is 2.82. The molecule has 0 spiro atoms. The largest absolute Gasteiger partial charge is 0.493 e. The first kappa shape index (κ1) is 14.1. The molecule has 2 nitrogen and oxygen atoms in total. The summed E-state index contributed by atoms with van der Waals surface area (Å²) in [4.78, 5) is 0. The average molecular weight is 259 g/mol. The van der Waals surface area contributed by atoms with E-state index in [0.29, 0.717) is 12.0 Å². The van der Waals surface area contributed by atoms with E-state index in [1.165, 1.54) is 18.4 Å². The number of fused-ring (bicyclic) bond motifs is 1. The Balaban J connectivity index is 2.03. The second-order valence-corrected chi connectivity index (χ2v) is 5.28. The third-order valence-corrected chi connectivity index (χ3v) is 3.79. The summed E-state index contributed by atoms with van der Waals surface area (Å²) in [5.41, 5.74) is 1.38. The number of para-hydroxylation sites is 1. The Morgan fingerprint density at radius 1 is 1.47 bits per heavy atom. The van der Waals surface area contributed by atoms with E-state index in [9.17, 15) is 0 Å². The SMILES string of the molecule is C=CCC(CC1CCOc2ccccc21)NCCC. The first-order valence-electron chi connectivity index (χ1n) is 7.41. The van der Waals surface area contributed by atoms with Gasteiger partial charge in [-0.3, -0.25) is 0 Å². The first-order valence-corrected chi connectivity index (χ1v) is 7.41. The minimum atomic E-state index is 0.536. The van der Waals surface area contributed by atoms with Crippen molar-refractivity contribution in [2.45, 2.75) is 44.6 Å². The van der Waals surface area contributed by atoms with Crippen molar-refractivity contribution in [2.75, 3.05) is 13.2 Å². The molecule has 1 aliphatic heterocycles. The fraction of sp³-hybridized carbons (Fsp3) is 0.529. The fourth-order valence-corrected chi connectivity index (χ4v) is 2.82. The van der Waals surface area contributed by atoms with Crippen LogP contribution in [0.1, 0.15) is 44.1 Å². The molecule has 19 heavy (non-hydrogen) atoms. The molecule has 2 rings (SSSR count). The molecule has 1 N–H and O–H groups in total. The molecule has 0 aliphatic carbocycles. The predicted octanol–water partition coefficient (Wildman–Crippen LogP) is 3.89. The highest BCUT2D eigenvalue weighted by atomic mass is 16.5. The summed E-state index contributed by atoms with van der Waals surface area (Å²) in [6.07, 6.45) is 6.54. The number of hydrogen-bond acceptors (Lipinski definition) is 2. The van der Waals surface area contributed by atoms with Gasteiger partial charge in [0.25, 0.3) is 0 Å². The van der Waals surface area contributed by atoms with Gasteiger partial charge in [-0.1, -0.05) is 31.2 Å². The molecule has 0 aromatic heterocycles. The van der Waals surface area contributed by atoms with Gasteiger partial charge in [-0.15, -0.1) is 6.58 Å². The number of rotatable bonds is 7. The first-order chi connectivity index (χ1) is 9.35. The molecule has 2 unspecified atom stereocenters. The van der Waals surface area contributed by atoms with Gasteiger partial charge in [0.05, 0.1) is 6.61 Å². The van der Waals surface area contributed by atoms with Gasteiger partial charge in [0.2, 0.25) is 0 Å². The van der Waals surface area contributed by atoms with Gasteiger partial charge in [0.15, 0.2) is 0 Å². The van der Waals surface area contributed by atoms with Crippen LogP contribution in [0.25, 0.3) is 0 Å². The molecule has 1 heterocycles. The van der Waals surface area contributed by atoms with E-state index in [0.717, 1.165) is 31.7 Å². The average Bonchev–Trinajstić information content (AvgIpc) is 2.45. The topological polar surface area (TPSA) is 21.3 Å². The summed E-state index contributed by atoms with van der Waals surface area (Å²) < 4.78 is 5.74. The summed E-state index contributed by atoms with van der Waals surface area (Å²) in [5.74, 6) is 1.69. The molecule has 1 aromatic rings. The molecular weight excluding hydrogens is 234 g/mol. The maximum atomic E-state index is 5.74. The molecule has 0 fully saturated rings. The molecule has 2 heteroatoms. The third kappa shape index (κ3) is 3.84. The van der Waals surface area contributed by atoms with E-state index < -0.39 is 0 Å². The highest BCUT2D eigenvalue weighted by Gasteiger charge is 2.23. The molecule has 104 valence electrons. The lowest BCUT2D eigenvalue weighted by molar-refractivity contribution is 0.255. The molecule has 0 bridgehead atoms. The van der Waals surface area contributed by atoms with Crippen molar-refractivity contribution in [2.24, 2.45) is 0 Å². The number of benzene rings is 1. The summed E-state index contributed by atoms with van der Waals surface area (Å²) in [6, 6.07) is 9.00. The normalized spacial score (nSPS) is 19.3. The van der Waals surface area contributed by atoms with Crippen molar-refractivity contribution < 1.29 is 4.74 Å². The van der Waals surface area contributed by atoms with Crippen molar-refractivity contribution in [1.82, 2.24) is 5.32 Å². The highest BCUT2D eigenvalue weighted by molar-refractivity contribution is 5.37. The molecule has 0 amide bonds. The monoisotopic (exact) mass is 259 g/mol. The Kier molecular flexibility index (Phi) is 5.46. The van der Waals surface area contributed by atoms with Crippen molar-refractivity contribution in [1.29, 1.82) is 0 Å². The van der Waals surface area contributed by atoms with Crippen LogP contribution in [-0.2, 0) is 0 Å². The van der Waals surface area contributed by atoms with Gasteiger partial charge in [0.1, 0.15) is 5.75 Å². The van der Waals surface area contributed by atoms with Crippen molar-refractivity contribution in [3.63, 3.8) is 0 Å². The quantitative estimate of drug-likeness (QED) is 0.750. The van der Waals surface area contributed by atoms with Crippen molar-refractivity contribution in [3.05, 3.63) is 42.5 Å². The zero-order valence-electron chi connectivity index (χ0n) is 11.9. The van der Waals surface area contributed by atoms with Crippen LogP contribution in [0.4, 0.5) is 0 Å². The standard InChI is InChI=1S/C17H25NO/c1-3-7-15(18-11-4-2)13-14-10-12-19-17-9-6-5-8-16(14)17/h3,5-6,8-9,14-15,18H,1,4,7,10-13H2,2H3. The smallest absolute Gasteiger partial charge is 0.122 e. The Morgan fingerprint density at radius 2 is 2.32 bits per heavy atom. The Labute approximate surface area is 116 Å². The van der Waals surface area contributed by atoms with Crippen LogP contribution in [-0.4, -0.2) is 19.2 Å². The Morgan fingerprint density at radius 3 is 3.11 bits per heavy atom. The van der Waals surface area contributed by atoms with Crippen LogP contribution < -0.4 is 10.1 Å². The van der Waals surface area contributed by atoms with Gasteiger partial charge < -0.3 is 10.1 Å². The van der Waals surface area contributed by atoms with Crippen LogP contribution in [0.3, 0.4) is 0 Å². The minimum absolute atomic E-state index is 0.536.